The van der Waals surface area contributed by atoms with E-state index in [4.69, 9.17) is 0 Å². The highest BCUT2D eigenvalue weighted by atomic mass is 32.2. The van der Waals surface area contributed by atoms with E-state index in [-0.39, 0.29) is 34.2 Å². The maximum absolute atomic E-state index is 13.1. The molecule has 2 aliphatic rings. The quantitative estimate of drug-likeness (QED) is 0.122. The van der Waals surface area contributed by atoms with Gasteiger partial charge in [-0.1, -0.05) is 12.1 Å². The Bertz CT molecular complexity index is 2770. The van der Waals surface area contributed by atoms with Gasteiger partial charge in [-0.05, 0) is 86.6 Å². The van der Waals surface area contributed by atoms with Gasteiger partial charge in [0.05, 0.1) is 44.0 Å². The van der Waals surface area contributed by atoms with Crippen molar-refractivity contribution >= 4 is 86.5 Å². The Hall–Kier alpha value is -6.00. The van der Waals surface area contributed by atoms with Crippen LogP contribution in [0.5, 0.6) is 0 Å². The van der Waals surface area contributed by atoms with Gasteiger partial charge in [-0.25, -0.2) is 0 Å². The number of rotatable bonds is 11. The number of nitrogens with zero attached hydrogens (tertiary/aromatic N) is 8. The Morgan fingerprint density at radius 1 is 0.500 bits per heavy atom. The van der Waals surface area contributed by atoms with Gasteiger partial charge in [0.15, 0.2) is 12.1 Å². The Morgan fingerprint density at radius 2 is 0.828 bits per heavy atom. The molecule has 2 unspecified atom stereocenters. The van der Waals surface area contributed by atoms with E-state index in [1.165, 1.54) is 50.2 Å². The molecular formula is C32H26N8O14S4. The Kier molecular flexibility index (Phi) is 10.8. The summed E-state index contributed by atoms with van der Waals surface area (Å²) in [5.74, 6) is -1.46. The molecule has 0 saturated carbocycles. The van der Waals surface area contributed by atoms with E-state index in [1.54, 1.807) is 0 Å². The molecule has 4 N–H and O–H groups in total. The van der Waals surface area contributed by atoms with Crippen molar-refractivity contribution in [2.24, 2.45) is 30.7 Å². The first-order valence-electron chi connectivity index (χ1n) is 15.9. The Labute approximate surface area is 328 Å². The van der Waals surface area contributed by atoms with E-state index in [1.807, 2.05) is 0 Å². The van der Waals surface area contributed by atoms with Crippen molar-refractivity contribution in [1.82, 2.24) is 0 Å². The Balaban J connectivity index is 1.26. The average Bonchev–Trinajstić information content (AvgIpc) is 3.59. The van der Waals surface area contributed by atoms with Gasteiger partial charge in [-0.15, -0.1) is 0 Å². The van der Waals surface area contributed by atoms with E-state index < -0.39 is 95.1 Å². The molecule has 0 saturated heterocycles. The van der Waals surface area contributed by atoms with Gasteiger partial charge >= 0.3 is 0 Å². The fraction of sp³-hybridized carbons (Fsp3) is 0.125. The zero-order valence-electron chi connectivity index (χ0n) is 29.3. The van der Waals surface area contributed by atoms with Gasteiger partial charge in [0.1, 0.15) is 9.79 Å². The molecule has 26 heteroatoms. The minimum absolute atomic E-state index is 0.126. The number of azo groups is 2. The lowest BCUT2D eigenvalue weighted by Gasteiger charge is -2.13. The molecule has 22 nitrogen and oxygen atoms in total. The summed E-state index contributed by atoms with van der Waals surface area (Å²) in [5, 5.41) is 25.7. The van der Waals surface area contributed by atoms with E-state index in [2.05, 4.69) is 30.7 Å². The van der Waals surface area contributed by atoms with Gasteiger partial charge in [0, 0.05) is 11.1 Å². The number of hydrogen-bond donors (Lipinski definition) is 4. The number of benzene rings is 4. The van der Waals surface area contributed by atoms with Crippen LogP contribution in [0.2, 0.25) is 0 Å². The fourth-order valence-corrected chi connectivity index (χ4v) is 7.95. The first-order chi connectivity index (χ1) is 26.9. The number of amides is 2. The average molecular weight is 875 g/mol. The van der Waals surface area contributed by atoms with Gasteiger partial charge < -0.3 is 0 Å². The number of anilines is 2. The number of carbonyl (C=O) groups is 2. The highest BCUT2D eigenvalue weighted by molar-refractivity contribution is 7.86. The van der Waals surface area contributed by atoms with Crippen molar-refractivity contribution in [2.45, 2.75) is 45.5 Å². The smallest absolute Gasteiger partial charge is 0.282 e. The molecule has 2 amide bonds. The number of hydrazone groups is 2. The van der Waals surface area contributed by atoms with Crippen LogP contribution in [-0.4, -0.2) is 87.2 Å². The molecule has 58 heavy (non-hydrogen) atoms. The molecule has 0 fully saturated rings. The summed E-state index contributed by atoms with van der Waals surface area (Å²) >= 11 is 0. The molecule has 0 aromatic heterocycles. The van der Waals surface area contributed by atoms with Crippen LogP contribution in [-0.2, 0) is 50.1 Å². The molecule has 4 aromatic carbocycles. The van der Waals surface area contributed by atoms with E-state index in [9.17, 15) is 61.5 Å². The van der Waals surface area contributed by atoms with Crippen LogP contribution in [0.3, 0.4) is 0 Å². The Morgan fingerprint density at radius 3 is 1.12 bits per heavy atom. The molecule has 0 bridgehead atoms. The predicted molar refractivity (Wildman–Crippen MR) is 202 cm³/mol. The van der Waals surface area contributed by atoms with Crippen molar-refractivity contribution in [3.05, 3.63) is 84.9 Å². The third kappa shape index (κ3) is 8.62. The lowest BCUT2D eigenvalue weighted by atomic mass is 10.0. The second-order valence-corrected chi connectivity index (χ2v) is 17.9. The van der Waals surface area contributed by atoms with Crippen LogP contribution in [0, 0.1) is 0 Å². The lowest BCUT2D eigenvalue weighted by molar-refractivity contribution is -0.118. The summed E-state index contributed by atoms with van der Waals surface area (Å²) < 4.78 is 134. The predicted octanol–water partition coefficient (Wildman–Crippen LogP) is 4.09. The summed E-state index contributed by atoms with van der Waals surface area (Å²) in [6.07, 6.45) is 0. The summed E-state index contributed by atoms with van der Waals surface area (Å²) in [6.45, 7) is 2.87. The maximum atomic E-state index is 13.1. The SMILES string of the molecule is CC1=NN(c2ccc(S(=O)(=O)O)cc2)C(=O)C1N=Nc1ccc(-c2ccc(N=NC3C(=O)N(c4ccc(S(=O)(=O)O)cc4)N=C3C)cc2S(=O)(=O)O)c(S(=O)(=O)O)c1. The normalized spacial score (nSPS) is 18.1. The van der Waals surface area contributed by atoms with E-state index >= 15 is 0 Å². The molecule has 2 heterocycles. The molecule has 2 aliphatic heterocycles. The van der Waals surface area contributed by atoms with Crippen molar-refractivity contribution in [3.8, 4) is 11.1 Å². The molecule has 4 aromatic rings. The third-order valence-corrected chi connectivity index (χ3v) is 11.8. The molecule has 2 atom stereocenters. The third-order valence-electron chi connectivity index (χ3n) is 8.30. The molecule has 0 aliphatic carbocycles. The largest absolute Gasteiger partial charge is 0.295 e. The van der Waals surface area contributed by atoms with Gasteiger partial charge in [-0.2, -0.15) is 74.3 Å². The van der Waals surface area contributed by atoms with Crippen molar-refractivity contribution in [3.63, 3.8) is 0 Å². The molecule has 0 radical (unpaired) electrons. The minimum Gasteiger partial charge on any atom is -0.282 e. The van der Waals surface area contributed by atoms with Crippen LogP contribution in [0.25, 0.3) is 11.1 Å². The minimum atomic E-state index is -5.14. The monoisotopic (exact) mass is 874 g/mol. The fourth-order valence-electron chi connectivity index (χ4n) is 5.53. The summed E-state index contributed by atoms with van der Waals surface area (Å²) in [5.41, 5.74) is -0.767. The van der Waals surface area contributed by atoms with Crippen LogP contribution in [0.4, 0.5) is 22.7 Å². The highest BCUT2D eigenvalue weighted by Crippen LogP contribution is 2.37. The van der Waals surface area contributed by atoms with Crippen molar-refractivity contribution < 1.29 is 61.5 Å². The van der Waals surface area contributed by atoms with Crippen LogP contribution in [0.1, 0.15) is 13.8 Å². The maximum Gasteiger partial charge on any atom is 0.295 e. The summed E-state index contributed by atoms with van der Waals surface area (Å²) in [7, 11) is -19.3. The summed E-state index contributed by atoms with van der Waals surface area (Å²) in [4.78, 5) is 23.6. The first kappa shape index (κ1) is 41.6. The second kappa shape index (κ2) is 15.1. The molecule has 302 valence electrons. The highest BCUT2D eigenvalue weighted by Gasteiger charge is 2.36. The van der Waals surface area contributed by atoms with Crippen molar-refractivity contribution in [1.29, 1.82) is 0 Å². The molecular weight excluding hydrogens is 849 g/mol. The number of hydrogen-bond acceptors (Lipinski definition) is 16. The zero-order chi connectivity index (χ0) is 42.5. The zero-order valence-corrected chi connectivity index (χ0v) is 32.6. The first-order valence-corrected chi connectivity index (χ1v) is 21.7. The number of carbonyl (C=O) groups excluding carboxylic acids is 2. The molecule has 0 spiro atoms. The van der Waals surface area contributed by atoms with Crippen LogP contribution < -0.4 is 10.0 Å². The van der Waals surface area contributed by atoms with Gasteiger partial charge in [-0.3, -0.25) is 27.8 Å². The van der Waals surface area contributed by atoms with E-state index in [0.29, 0.717) is 0 Å². The van der Waals surface area contributed by atoms with Gasteiger partial charge in [0.2, 0.25) is 0 Å². The van der Waals surface area contributed by atoms with Crippen LogP contribution in [0.15, 0.2) is 135 Å². The van der Waals surface area contributed by atoms with Gasteiger partial charge in [0.25, 0.3) is 52.3 Å². The van der Waals surface area contributed by atoms with E-state index in [0.717, 1.165) is 58.5 Å². The van der Waals surface area contributed by atoms with Crippen molar-refractivity contribution in [2.75, 3.05) is 10.0 Å². The second-order valence-electron chi connectivity index (χ2n) is 12.3. The topological polar surface area (TPSA) is 332 Å². The standard InChI is InChI=1S/C32H26N8O14S4/c1-17-29(31(41)39(37-17)21-5-9-23(10-6-21)55(43,44)45)35-33-19-3-13-25(27(15-19)57(49,50)51)26-14-4-20(16-28(26)58(52,53)54)34-36-30-18(2)38-40(32(30)42)22-7-11-24(12-8-22)56(46,47)48/h3-16,29-30H,1-2H3,(H,43,44,45)(H,46,47,48)(H,49,50,51)(H,52,53,54). The molecule has 6 rings (SSSR count). The lowest BCUT2D eigenvalue weighted by Crippen LogP contribution is -2.29. The summed E-state index contributed by atoms with van der Waals surface area (Å²) in [6, 6.07) is 12.5. The van der Waals surface area contributed by atoms with Crippen LogP contribution >= 0.6 is 0 Å².